The number of fused-ring (bicyclic) bond motifs is 2. The second-order valence-corrected chi connectivity index (χ2v) is 7.88. The molecular formula is C23H20N4O2. The number of benzene rings is 2. The van der Waals surface area contributed by atoms with Crippen molar-refractivity contribution in [3.05, 3.63) is 76.8 Å². The van der Waals surface area contributed by atoms with E-state index in [1.807, 2.05) is 36.4 Å². The van der Waals surface area contributed by atoms with E-state index in [9.17, 15) is 4.79 Å². The SMILES string of the molecule is O=c1c2c(NC3COC3)cccc2cnn1[C@@H]1C[C@H]1c1ccc2ccccc2n1. The van der Waals surface area contributed by atoms with Gasteiger partial charge in [-0.2, -0.15) is 5.10 Å². The van der Waals surface area contributed by atoms with E-state index in [2.05, 4.69) is 28.6 Å². The van der Waals surface area contributed by atoms with Gasteiger partial charge in [-0.25, -0.2) is 4.68 Å². The molecule has 0 radical (unpaired) electrons. The van der Waals surface area contributed by atoms with Crippen LogP contribution in [0.4, 0.5) is 5.69 Å². The van der Waals surface area contributed by atoms with Crippen LogP contribution in [0.5, 0.6) is 0 Å². The summed E-state index contributed by atoms with van der Waals surface area (Å²) in [6, 6.07) is 18.4. The first-order chi connectivity index (χ1) is 14.3. The second-order valence-electron chi connectivity index (χ2n) is 7.88. The number of nitrogens with one attached hydrogen (secondary N) is 1. The number of anilines is 1. The average molecular weight is 384 g/mol. The molecule has 0 amide bonds. The Balaban J connectivity index is 1.36. The third kappa shape index (κ3) is 2.79. The molecule has 2 fully saturated rings. The molecule has 0 unspecified atom stereocenters. The minimum Gasteiger partial charge on any atom is -0.377 e. The highest BCUT2D eigenvalue weighted by atomic mass is 16.5. The lowest BCUT2D eigenvalue weighted by molar-refractivity contribution is 0.0211. The van der Waals surface area contributed by atoms with Crippen LogP contribution in [0.15, 0.2) is 65.6 Å². The van der Waals surface area contributed by atoms with Gasteiger partial charge in [0.15, 0.2) is 0 Å². The Labute approximate surface area is 167 Å². The van der Waals surface area contributed by atoms with E-state index in [1.165, 1.54) is 0 Å². The highest BCUT2D eigenvalue weighted by molar-refractivity contribution is 5.92. The van der Waals surface area contributed by atoms with Gasteiger partial charge in [0.1, 0.15) is 0 Å². The van der Waals surface area contributed by atoms with Gasteiger partial charge in [0, 0.05) is 28.1 Å². The molecule has 1 N–H and O–H groups in total. The molecule has 2 aliphatic rings. The molecule has 3 heterocycles. The van der Waals surface area contributed by atoms with Crippen molar-refractivity contribution in [3.8, 4) is 0 Å². The molecule has 6 heteroatoms. The van der Waals surface area contributed by atoms with Crippen LogP contribution in [0.1, 0.15) is 24.1 Å². The van der Waals surface area contributed by atoms with Crippen LogP contribution in [0.2, 0.25) is 0 Å². The lowest BCUT2D eigenvalue weighted by Gasteiger charge is -2.28. The fourth-order valence-electron chi connectivity index (χ4n) is 4.16. The normalized spacial score (nSPS) is 21.2. The quantitative estimate of drug-likeness (QED) is 0.583. The van der Waals surface area contributed by atoms with Gasteiger partial charge >= 0.3 is 0 Å². The number of nitrogens with zero attached hydrogens (tertiary/aromatic N) is 3. The zero-order chi connectivity index (χ0) is 19.4. The topological polar surface area (TPSA) is 69.0 Å². The van der Waals surface area contributed by atoms with Gasteiger partial charge in [-0.05, 0) is 24.6 Å². The highest BCUT2D eigenvalue weighted by Gasteiger charge is 2.43. The maximum atomic E-state index is 13.3. The third-order valence-corrected chi connectivity index (χ3v) is 5.91. The molecule has 0 spiro atoms. The summed E-state index contributed by atoms with van der Waals surface area (Å²) in [5.74, 6) is 0.224. The van der Waals surface area contributed by atoms with Crippen LogP contribution in [0.3, 0.4) is 0 Å². The van der Waals surface area contributed by atoms with Gasteiger partial charge in [-0.3, -0.25) is 9.78 Å². The summed E-state index contributed by atoms with van der Waals surface area (Å²) in [4.78, 5) is 18.1. The first-order valence-electron chi connectivity index (χ1n) is 9.98. The van der Waals surface area contributed by atoms with Crippen molar-refractivity contribution in [2.45, 2.75) is 24.4 Å². The van der Waals surface area contributed by atoms with Crippen LogP contribution in [0.25, 0.3) is 21.7 Å². The molecule has 4 aromatic rings. The van der Waals surface area contributed by atoms with E-state index in [0.717, 1.165) is 34.1 Å². The van der Waals surface area contributed by atoms with E-state index in [1.54, 1.807) is 10.9 Å². The minimum absolute atomic E-state index is 0.0425. The van der Waals surface area contributed by atoms with Gasteiger partial charge in [0.05, 0.1) is 42.4 Å². The smallest absolute Gasteiger partial charge is 0.277 e. The fraction of sp³-hybridized carbons (Fsp3) is 0.261. The molecule has 6 nitrogen and oxygen atoms in total. The number of rotatable bonds is 4. The van der Waals surface area contributed by atoms with Crippen molar-refractivity contribution in [3.63, 3.8) is 0 Å². The number of aromatic nitrogens is 3. The van der Waals surface area contributed by atoms with Gasteiger partial charge in [0.2, 0.25) is 0 Å². The molecular weight excluding hydrogens is 364 g/mol. The molecule has 6 rings (SSSR count). The summed E-state index contributed by atoms with van der Waals surface area (Å²) in [6.45, 7) is 1.35. The molecule has 1 aliphatic carbocycles. The fourth-order valence-corrected chi connectivity index (χ4v) is 4.16. The molecule has 2 aromatic carbocycles. The first-order valence-corrected chi connectivity index (χ1v) is 9.98. The van der Waals surface area contributed by atoms with Crippen molar-refractivity contribution in [1.29, 1.82) is 0 Å². The monoisotopic (exact) mass is 384 g/mol. The van der Waals surface area contributed by atoms with E-state index in [0.29, 0.717) is 18.6 Å². The summed E-state index contributed by atoms with van der Waals surface area (Å²) in [7, 11) is 0. The van der Waals surface area contributed by atoms with Crippen molar-refractivity contribution in [1.82, 2.24) is 14.8 Å². The summed E-state index contributed by atoms with van der Waals surface area (Å²) < 4.78 is 6.89. The van der Waals surface area contributed by atoms with E-state index in [-0.39, 0.29) is 23.6 Å². The Hall–Kier alpha value is -3.25. The van der Waals surface area contributed by atoms with Crippen LogP contribution in [0, 0.1) is 0 Å². The largest absolute Gasteiger partial charge is 0.377 e. The van der Waals surface area contributed by atoms with Crippen LogP contribution >= 0.6 is 0 Å². The summed E-state index contributed by atoms with van der Waals surface area (Å²) in [6.07, 6.45) is 2.68. The zero-order valence-corrected chi connectivity index (χ0v) is 15.8. The standard InChI is InChI=1S/C23H20N4O2/c28-23-22-15(5-3-7-20(22)25-16-12-29-13-16)11-24-27(23)21-10-17(21)19-9-8-14-4-1-2-6-18(14)26-19/h1-9,11,16-17,21,25H,10,12-13H2/t17-,21+/m0/s1. The summed E-state index contributed by atoms with van der Waals surface area (Å²) >= 11 is 0. The Bertz CT molecular complexity index is 1300. The molecule has 1 saturated heterocycles. The van der Waals surface area contributed by atoms with Crippen molar-refractivity contribution >= 4 is 27.4 Å². The summed E-state index contributed by atoms with van der Waals surface area (Å²) in [5.41, 5.74) is 2.83. The van der Waals surface area contributed by atoms with Gasteiger partial charge in [0.25, 0.3) is 5.56 Å². The predicted octanol–water partition coefficient (Wildman–Crippen LogP) is 3.48. The van der Waals surface area contributed by atoms with Crippen molar-refractivity contribution < 1.29 is 4.74 Å². The number of pyridine rings is 1. The van der Waals surface area contributed by atoms with Crippen molar-refractivity contribution in [2.24, 2.45) is 0 Å². The van der Waals surface area contributed by atoms with Gasteiger partial charge in [-0.15, -0.1) is 0 Å². The second kappa shape index (κ2) is 6.39. The number of hydrogen-bond acceptors (Lipinski definition) is 5. The molecule has 29 heavy (non-hydrogen) atoms. The first kappa shape index (κ1) is 16.7. The molecule has 144 valence electrons. The zero-order valence-electron chi connectivity index (χ0n) is 15.8. The van der Waals surface area contributed by atoms with Gasteiger partial charge in [-0.1, -0.05) is 36.4 Å². The molecule has 2 atom stereocenters. The number of ether oxygens (including phenoxy) is 1. The van der Waals surface area contributed by atoms with Gasteiger partial charge < -0.3 is 10.1 Å². The highest BCUT2D eigenvalue weighted by Crippen LogP contribution is 2.50. The lowest BCUT2D eigenvalue weighted by atomic mass is 10.1. The van der Waals surface area contributed by atoms with E-state index in [4.69, 9.17) is 9.72 Å². The van der Waals surface area contributed by atoms with E-state index < -0.39 is 0 Å². The molecule has 0 bridgehead atoms. The maximum Gasteiger partial charge on any atom is 0.277 e. The summed E-state index contributed by atoms with van der Waals surface area (Å²) in [5, 5.41) is 10.6. The Morgan fingerprint density at radius 1 is 1.00 bits per heavy atom. The van der Waals surface area contributed by atoms with Crippen LogP contribution in [-0.2, 0) is 4.74 Å². The molecule has 1 aliphatic heterocycles. The van der Waals surface area contributed by atoms with E-state index >= 15 is 0 Å². The Morgan fingerprint density at radius 3 is 2.72 bits per heavy atom. The number of hydrogen-bond donors (Lipinski definition) is 1. The lowest BCUT2D eigenvalue weighted by Crippen LogP contribution is -2.40. The predicted molar refractivity (Wildman–Crippen MR) is 112 cm³/mol. The minimum atomic E-state index is -0.0425. The maximum absolute atomic E-state index is 13.3. The van der Waals surface area contributed by atoms with Crippen LogP contribution < -0.4 is 10.9 Å². The number of para-hydroxylation sites is 1. The van der Waals surface area contributed by atoms with Crippen LogP contribution in [-0.4, -0.2) is 34.0 Å². The third-order valence-electron chi connectivity index (χ3n) is 5.91. The molecule has 1 saturated carbocycles. The molecule has 2 aromatic heterocycles. The Morgan fingerprint density at radius 2 is 1.86 bits per heavy atom. The average Bonchev–Trinajstić information content (AvgIpc) is 3.51. The Kier molecular flexibility index (Phi) is 3.67. The van der Waals surface area contributed by atoms with Crippen molar-refractivity contribution in [2.75, 3.05) is 18.5 Å².